The first-order chi connectivity index (χ1) is 10.8. The maximum Gasteiger partial charge on any atom is 0.317 e. The van der Waals surface area contributed by atoms with E-state index >= 15 is 0 Å². The van der Waals surface area contributed by atoms with Gasteiger partial charge < -0.3 is 9.47 Å². The number of carbonyl (C=O) groups is 1. The van der Waals surface area contributed by atoms with Crippen molar-refractivity contribution in [2.24, 2.45) is 5.92 Å². The highest BCUT2D eigenvalue weighted by atomic mass is 32.2. The highest BCUT2D eigenvalue weighted by Crippen LogP contribution is 2.45. The Labute approximate surface area is 133 Å². The van der Waals surface area contributed by atoms with E-state index in [9.17, 15) is 4.79 Å². The number of hydrogen-bond donors (Lipinski definition) is 0. The Kier molecular flexibility index (Phi) is 3.64. The number of rotatable bonds is 2. The molecule has 1 fully saturated rings. The quantitative estimate of drug-likeness (QED) is 0.623. The third-order valence-corrected chi connectivity index (χ3v) is 5.33. The lowest BCUT2D eigenvalue weighted by molar-refractivity contribution is -0.152. The van der Waals surface area contributed by atoms with Gasteiger partial charge in [0.25, 0.3) is 0 Å². The van der Waals surface area contributed by atoms with Gasteiger partial charge in [0.05, 0.1) is 18.6 Å². The average molecular weight is 312 g/mol. The van der Waals surface area contributed by atoms with Gasteiger partial charge in [0.2, 0.25) is 0 Å². The summed E-state index contributed by atoms with van der Waals surface area (Å²) in [6.07, 6.45) is 0.627. The molecule has 2 aliphatic heterocycles. The Balaban J connectivity index is 1.53. The van der Waals surface area contributed by atoms with E-state index < -0.39 is 0 Å². The van der Waals surface area contributed by atoms with E-state index in [2.05, 4.69) is 12.1 Å². The molecule has 1 saturated heterocycles. The SMILES string of the molecule is O=C1Oc2ccccc2C2OCC(Sc3ccccc3)CC12. The minimum atomic E-state index is -0.204. The molecule has 0 spiro atoms. The molecule has 0 radical (unpaired) electrons. The number of esters is 1. The zero-order valence-corrected chi connectivity index (χ0v) is 12.8. The maximum atomic E-state index is 12.3. The molecule has 2 aromatic carbocycles. The van der Waals surface area contributed by atoms with E-state index in [1.54, 1.807) is 11.8 Å². The predicted molar refractivity (Wildman–Crippen MR) is 85.0 cm³/mol. The van der Waals surface area contributed by atoms with Gasteiger partial charge in [-0.2, -0.15) is 0 Å². The van der Waals surface area contributed by atoms with Crippen LogP contribution in [0.15, 0.2) is 59.5 Å². The van der Waals surface area contributed by atoms with Crippen LogP contribution in [0.2, 0.25) is 0 Å². The molecule has 0 bridgehead atoms. The molecule has 0 saturated carbocycles. The second-order valence-electron chi connectivity index (χ2n) is 5.61. The van der Waals surface area contributed by atoms with Crippen molar-refractivity contribution in [1.29, 1.82) is 0 Å². The number of carbonyl (C=O) groups excluding carboxylic acids is 1. The molecule has 0 N–H and O–H groups in total. The second-order valence-corrected chi connectivity index (χ2v) is 6.98. The van der Waals surface area contributed by atoms with Crippen molar-refractivity contribution in [2.75, 3.05) is 6.61 Å². The summed E-state index contributed by atoms with van der Waals surface area (Å²) in [5, 5.41) is 0.279. The van der Waals surface area contributed by atoms with Gasteiger partial charge in [0.1, 0.15) is 5.75 Å². The lowest BCUT2D eigenvalue weighted by Gasteiger charge is -2.38. The lowest BCUT2D eigenvalue weighted by Crippen LogP contribution is -2.40. The van der Waals surface area contributed by atoms with Crippen LogP contribution in [0.5, 0.6) is 5.75 Å². The fourth-order valence-corrected chi connectivity index (χ4v) is 4.24. The molecule has 2 aromatic rings. The predicted octanol–water partition coefficient (Wildman–Crippen LogP) is 3.84. The summed E-state index contributed by atoms with van der Waals surface area (Å²) >= 11 is 1.77. The van der Waals surface area contributed by atoms with Crippen molar-refractivity contribution in [3.05, 3.63) is 60.2 Å². The van der Waals surface area contributed by atoms with Crippen LogP contribution in [0, 0.1) is 5.92 Å². The third-order valence-electron chi connectivity index (χ3n) is 4.13. The Morgan fingerprint density at radius 2 is 1.77 bits per heavy atom. The number of hydrogen-bond acceptors (Lipinski definition) is 4. The van der Waals surface area contributed by atoms with E-state index in [0.29, 0.717) is 12.4 Å². The van der Waals surface area contributed by atoms with Gasteiger partial charge in [0, 0.05) is 15.7 Å². The Bertz CT molecular complexity index is 686. The molecule has 3 unspecified atom stereocenters. The van der Waals surface area contributed by atoms with Gasteiger partial charge in [0.15, 0.2) is 0 Å². The Morgan fingerprint density at radius 1 is 1.00 bits per heavy atom. The van der Waals surface area contributed by atoms with Gasteiger partial charge in [-0.05, 0) is 24.6 Å². The van der Waals surface area contributed by atoms with E-state index in [1.165, 1.54) is 4.90 Å². The third kappa shape index (κ3) is 2.53. The lowest BCUT2D eigenvalue weighted by atomic mass is 9.87. The average Bonchev–Trinajstić information content (AvgIpc) is 2.56. The smallest absolute Gasteiger partial charge is 0.317 e. The zero-order chi connectivity index (χ0) is 14.9. The molecule has 112 valence electrons. The molecular weight excluding hydrogens is 296 g/mol. The van der Waals surface area contributed by atoms with E-state index in [4.69, 9.17) is 9.47 Å². The van der Waals surface area contributed by atoms with Crippen molar-refractivity contribution in [3.63, 3.8) is 0 Å². The van der Waals surface area contributed by atoms with Crippen LogP contribution in [0.3, 0.4) is 0 Å². The van der Waals surface area contributed by atoms with Crippen LogP contribution in [-0.4, -0.2) is 17.8 Å². The first kappa shape index (κ1) is 13.9. The van der Waals surface area contributed by atoms with E-state index in [-0.39, 0.29) is 23.2 Å². The van der Waals surface area contributed by atoms with Crippen LogP contribution in [-0.2, 0) is 9.53 Å². The molecule has 0 aromatic heterocycles. The zero-order valence-electron chi connectivity index (χ0n) is 12.0. The van der Waals surface area contributed by atoms with Crippen LogP contribution in [0.25, 0.3) is 0 Å². The number of benzene rings is 2. The summed E-state index contributed by atoms with van der Waals surface area (Å²) in [4.78, 5) is 13.5. The van der Waals surface area contributed by atoms with E-state index in [1.807, 2.05) is 42.5 Å². The van der Waals surface area contributed by atoms with Crippen molar-refractivity contribution in [1.82, 2.24) is 0 Å². The summed E-state index contributed by atoms with van der Waals surface area (Å²) in [6, 6.07) is 17.9. The Morgan fingerprint density at radius 3 is 2.64 bits per heavy atom. The van der Waals surface area contributed by atoms with Crippen molar-refractivity contribution < 1.29 is 14.3 Å². The van der Waals surface area contributed by atoms with Gasteiger partial charge in [-0.1, -0.05) is 36.4 Å². The molecule has 3 nitrogen and oxygen atoms in total. The standard InChI is InChI=1S/C18H16O3S/c19-18-15-10-13(22-12-6-2-1-3-7-12)11-20-17(15)14-8-4-5-9-16(14)21-18/h1-9,13,15,17H,10-11H2. The van der Waals surface area contributed by atoms with Crippen LogP contribution in [0.4, 0.5) is 0 Å². The van der Waals surface area contributed by atoms with Crippen LogP contribution < -0.4 is 4.74 Å². The molecule has 4 rings (SSSR count). The summed E-state index contributed by atoms with van der Waals surface area (Å²) in [5.41, 5.74) is 0.996. The first-order valence-corrected chi connectivity index (χ1v) is 8.33. The first-order valence-electron chi connectivity index (χ1n) is 7.45. The van der Waals surface area contributed by atoms with Gasteiger partial charge >= 0.3 is 5.97 Å². The molecule has 4 heteroatoms. The van der Waals surface area contributed by atoms with Gasteiger partial charge in [-0.15, -0.1) is 11.8 Å². The number of para-hydroxylation sites is 1. The maximum absolute atomic E-state index is 12.3. The fourth-order valence-electron chi connectivity index (χ4n) is 3.09. The largest absolute Gasteiger partial charge is 0.426 e. The van der Waals surface area contributed by atoms with Crippen molar-refractivity contribution >= 4 is 17.7 Å². The minimum Gasteiger partial charge on any atom is -0.426 e. The summed E-state index contributed by atoms with van der Waals surface area (Å²) in [5.74, 6) is 0.273. The highest BCUT2D eigenvalue weighted by molar-refractivity contribution is 8.00. The van der Waals surface area contributed by atoms with Crippen LogP contribution >= 0.6 is 11.8 Å². The highest BCUT2D eigenvalue weighted by Gasteiger charge is 2.43. The minimum absolute atomic E-state index is 0.162. The molecule has 0 amide bonds. The molecule has 0 aliphatic carbocycles. The molecular formula is C18H16O3S. The van der Waals surface area contributed by atoms with Gasteiger partial charge in [-0.3, -0.25) is 4.79 Å². The summed E-state index contributed by atoms with van der Waals surface area (Å²) in [6.45, 7) is 0.655. The summed E-state index contributed by atoms with van der Waals surface area (Å²) in [7, 11) is 0. The van der Waals surface area contributed by atoms with Crippen LogP contribution in [0.1, 0.15) is 18.1 Å². The number of thioether (sulfide) groups is 1. The number of fused-ring (bicyclic) bond motifs is 3. The fraction of sp³-hybridized carbons (Fsp3) is 0.278. The van der Waals surface area contributed by atoms with Gasteiger partial charge in [-0.25, -0.2) is 0 Å². The molecule has 2 aliphatic rings. The topological polar surface area (TPSA) is 35.5 Å². The normalized spacial score (nSPS) is 26.7. The van der Waals surface area contributed by atoms with Crippen molar-refractivity contribution in [2.45, 2.75) is 22.7 Å². The summed E-state index contributed by atoms with van der Waals surface area (Å²) < 4.78 is 11.5. The number of ether oxygens (including phenoxy) is 2. The molecule has 2 heterocycles. The molecule has 22 heavy (non-hydrogen) atoms. The van der Waals surface area contributed by atoms with E-state index in [0.717, 1.165) is 12.0 Å². The molecule has 3 atom stereocenters. The monoisotopic (exact) mass is 312 g/mol. The van der Waals surface area contributed by atoms with Crippen molar-refractivity contribution in [3.8, 4) is 5.75 Å². The second kappa shape index (κ2) is 5.78. The Hall–Kier alpha value is -1.78.